The molecule has 0 saturated heterocycles. The maximum Gasteiger partial charge on any atom is 0.202 e. The summed E-state index contributed by atoms with van der Waals surface area (Å²) in [4.78, 5) is 0.534. The van der Waals surface area contributed by atoms with Crippen LogP contribution in [0.25, 0.3) is 11.4 Å². The van der Waals surface area contributed by atoms with Crippen LogP contribution in [0.2, 0.25) is 0 Å². The van der Waals surface area contributed by atoms with Crippen molar-refractivity contribution >= 4 is 11.5 Å². The van der Waals surface area contributed by atoms with Crippen LogP contribution in [-0.4, -0.2) is 8.94 Å². The average Bonchev–Trinajstić information content (AvgIpc) is 2.67. The van der Waals surface area contributed by atoms with Gasteiger partial charge in [0.1, 0.15) is 0 Å². The smallest absolute Gasteiger partial charge is 0.202 e. The summed E-state index contributed by atoms with van der Waals surface area (Å²) in [5.74, 6) is 0.950. The highest BCUT2D eigenvalue weighted by atomic mass is 32.1. The second kappa shape index (κ2) is 2.29. The lowest BCUT2D eigenvalue weighted by atomic mass is 10.1. The van der Waals surface area contributed by atoms with Gasteiger partial charge in [0.25, 0.3) is 0 Å². The highest BCUT2D eigenvalue weighted by molar-refractivity contribution is 7.02. The second-order valence-corrected chi connectivity index (χ2v) is 3.81. The highest BCUT2D eigenvalue weighted by Crippen LogP contribution is 2.28. The Balaban J connectivity index is 2.38. The van der Waals surface area contributed by atoms with Crippen molar-refractivity contribution in [1.82, 2.24) is 8.94 Å². The summed E-state index contributed by atoms with van der Waals surface area (Å²) in [6.45, 7) is 0.806. The van der Waals surface area contributed by atoms with E-state index in [2.05, 4.69) is 16.5 Å². The van der Waals surface area contributed by atoms with Crippen LogP contribution in [0.15, 0.2) is 24.3 Å². The van der Waals surface area contributed by atoms with E-state index < -0.39 is 0 Å². The fourth-order valence-corrected chi connectivity index (χ4v) is 2.29. The van der Waals surface area contributed by atoms with E-state index in [9.17, 15) is 0 Å². The van der Waals surface area contributed by atoms with Crippen molar-refractivity contribution in [2.24, 2.45) is 0 Å². The van der Waals surface area contributed by atoms with E-state index in [0.29, 0.717) is 4.80 Å². The number of fused-ring (bicyclic) bond motifs is 3. The van der Waals surface area contributed by atoms with Gasteiger partial charge in [-0.15, -0.1) is 0 Å². The Morgan fingerprint density at radius 1 is 1.38 bits per heavy atom. The molecule has 13 heavy (non-hydrogen) atoms. The van der Waals surface area contributed by atoms with Crippen molar-refractivity contribution in [3.63, 3.8) is 0 Å². The molecule has 0 spiro atoms. The molecule has 1 aromatic heterocycles. The normalized spacial score (nSPS) is 12.6. The third-order valence-corrected chi connectivity index (χ3v) is 2.96. The number of nitrogens with zero attached hydrogens (tertiary/aromatic N) is 2. The molecule has 0 aliphatic carbocycles. The summed E-state index contributed by atoms with van der Waals surface area (Å²) >= 11 is 1.25. The van der Waals surface area contributed by atoms with E-state index in [1.54, 1.807) is 0 Å². The Hall–Kier alpha value is -1.42. The minimum absolute atomic E-state index is 0.534. The van der Waals surface area contributed by atoms with Crippen molar-refractivity contribution in [3.8, 4) is 11.4 Å². The molecule has 0 atom stereocenters. The van der Waals surface area contributed by atoms with Gasteiger partial charge in [-0.05, 0) is 5.56 Å². The molecular formula is C9H7N3S. The Kier molecular flexibility index (Phi) is 1.24. The predicted octanol–water partition coefficient (Wildman–Crippen LogP) is 1.45. The van der Waals surface area contributed by atoms with Gasteiger partial charge in [0, 0.05) is 17.1 Å². The zero-order valence-corrected chi connectivity index (χ0v) is 7.64. The number of benzene rings is 1. The van der Waals surface area contributed by atoms with Crippen LogP contribution < -0.4 is 4.80 Å². The fourth-order valence-electron chi connectivity index (χ4n) is 1.67. The highest BCUT2D eigenvalue weighted by Gasteiger charge is 2.19. The molecule has 1 aliphatic heterocycles. The molecule has 2 aromatic rings. The first-order valence-corrected chi connectivity index (χ1v) is 4.83. The van der Waals surface area contributed by atoms with Gasteiger partial charge in [0.15, 0.2) is 5.82 Å². The van der Waals surface area contributed by atoms with Gasteiger partial charge in [-0.2, -0.15) is 4.37 Å². The van der Waals surface area contributed by atoms with Gasteiger partial charge in [0.05, 0.1) is 6.54 Å². The minimum Gasteiger partial charge on any atom is -0.296 e. The molecular weight excluding hydrogens is 182 g/mol. The molecule has 2 heterocycles. The first kappa shape index (κ1) is 7.03. The van der Waals surface area contributed by atoms with Crippen molar-refractivity contribution in [1.29, 1.82) is 5.41 Å². The van der Waals surface area contributed by atoms with Gasteiger partial charge >= 0.3 is 0 Å². The molecule has 3 nitrogen and oxygen atoms in total. The maximum absolute atomic E-state index is 7.63. The van der Waals surface area contributed by atoms with E-state index in [1.807, 2.05) is 16.7 Å². The maximum atomic E-state index is 7.63. The summed E-state index contributed by atoms with van der Waals surface area (Å²) in [6.07, 6.45) is 0. The van der Waals surface area contributed by atoms with Crippen LogP contribution >= 0.6 is 11.5 Å². The topological polar surface area (TPSA) is 41.7 Å². The van der Waals surface area contributed by atoms with Crippen LogP contribution in [0.4, 0.5) is 0 Å². The molecule has 1 aliphatic rings. The third-order valence-electron chi connectivity index (χ3n) is 2.31. The van der Waals surface area contributed by atoms with Gasteiger partial charge < -0.3 is 0 Å². The summed E-state index contributed by atoms with van der Waals surface area (Å²) in [5.41, 5.74) is 2.45. The Morgan fingerprint density at radius 2 is 2.23 bits per heavy atom. The van der Waals surface area contributed by atoms with E-state index in [4.69, 9.17) is 5.41 Å². The quantitative estimate of drug-likeness (QED) is 0.571. The fraction of sp³-hybridized carbons (Fsp3) is 0.111. The molecule has 4 heteroatoms. The minimum atomic E-state index is 0.534. The van der Waals surface area contributed by atoms with Crippen LogP contribution in [0.3, 0.4) is 0 Å². The molecule has 0 bridgehead atoms. The Morgan fingerprint density at radius 3 is 3.15 bits per heavy atom. The zero-order chi connectivity index (χ0) is 8.84. The number of rotatable bonds is 0. The Labute approximate surface area is 79.0 Å². The number of aromatic nitrogens is 2. The number of hydrogen-bond donors (Lipinski definition) is 1. The van der Waals surface area contributed by atoms with Crippen molar-refractivity contribution in [3.05, 3.63) is 34.6 Å². The largest absolute Gasteiger partial charge is 0.296 e. The standard InChI is InChI=1S/C9H7N3S/c10-9-12-5-6-3-1-2-4-7(6)8(12)11-13-9/h1-4,10H,5H2. The summed E-state index contributed by atoms with van der Waals surface area (Å²) in [5, 5.41) is 7.63. The molecule has 0 saturated carbocycles. The lowest BCUT2D eigenvalue weighted by Gasteiger charge is -1.93. The molecule has 0 amide bonds. The van der Waals surface area contributed by atoms with Crippen molar-refractivity contribution < 1.29 is 0 Å². The van der Waals surface area contributed by atoms with Crippen LogP contribution in [-0.2, 0) is 6.54 Å². The van der Waals surface area contributed by atoms with Gasteiger partial charge in [-0.1, -0.05) is 24.3 Å². The number of nitrogens with one attached hydrogen (secondary N) is 1. The molecule has 0 fully saturated rings. The van der Waals surface area contributed by atoms with Gasteiger partial charge in [-0.25, -0.2) is 0 Å². The third kappa shape index (κ3) is 0.833. The lowest BCUT2D eigenvalue weighted by Crippen LogP contribution is -2.10. The molecule has 0 unspecified atom stereocenters. The summed E-state index contributed by atoms with van der Waals surface area (Å²) < 4.78 is 6.19. The average molecular weight is 189 g/mol. The first-order chi connectivity index (χ1) is 6.36. The van der Waals surface area contributed by atoms with E-state index >= 15 is 0 Å². The molecule has 3 rings (SSSR count). The van der Waals surface area contributed by atoms with E-state index in [-0.39, 0.29) is 0 Å². The van der Waals surface area contributed by atoms with Crippen LogP contribution in [0.1, 0.15) is 5.56 Å². The monoisotopic (exact) mass is 189 g/mol. The first-order valence-electron chi connectivity index (χ1n) is 4.05. The summed E-state index contributed by atoms with van der Waals surface area (Å²) in [7, 11) is 0. The summed E-state index contributed by atoms with van der Waals surface area (Å²) in [6, 6.07) is 8.19. The zero-order valence-electron chi connectivity index (χ0n) is 6.82. The molecule has 0 radical (unpaired) electrons. The number of hydrogen-bond acceptors (Lipinski definition) is 3. The van der Waals surface area contributed by atoms with Gasteiger partial charge in [0.2, 0.25) is 4.80 Å². The Bertz CT molecular complexity index is 524. The van der Waals surface area contributed by atoms with Crippen molar-refractivity contribution in [2.75, 3.05) is 0 Å². The lowest BCUT2D eigenvalue weighted by molar-refractivity contribution is 0.794. The SMILES string of the molecule is N=c1snc2n1Cc1ccccc1-2. The van der Waals surface area contributed by atoms with Gasteiger partial charge in [-0.3, -0.25) is 9.98 Å². The molecule has 1 N–H and O–H groups in total. The molecule has 1 aromatic carbocycles. The second-order valence-electron chi connectivity index (χ2n) is 3.05. The van der Waals surface area contributed by atoms with Crippen molar-refractivity contribution in [2.45, 2.75) is 6.54 Å². The van der Waals surface area contributed by atoms with E-state index in [0.717, 1.165) is 12.4 Å². The van der Waals surface area contributed by atoms with Crippen LogP contribution in [0.5, 0.6) is 0 Å². The molecule has 64 valence electrons. The van der Waals surface area contributed by atoms with Crippen LogP contribution in [0, 0.1) is 5.41 Å². The van der Waals surface area contributed by atoms with E-state index in [1.165, 1.54) is 22.7 Å². The predicted molar refractivity (Wildman–Crippen MR) is 50.5 cm³/mol.